The highest BCUT2D eigenvalue weighted by Gasteiger charge is 2.09. The third kappa shape index (κ3) is 4.45. The van der Waals surface area contributed by atoms with E-state index in [1.807, 2.05) is 54.6 Å². The number of amides is 1. The van der Waals surface area contributed by atoms with Gasteiger partial charge in [-0.3, -0.25) is 14.9 Å². The second-order valence-corrected chi connectivity index (χ2v) is 6.34. The molecule has 0 aliphatic heterocycles. The first-order chi connectivity index (χ1) is 12.1. The van der Waals surface area contributed by atoms with Crippen molar-refractivity contribution in [2.75, 3.05) is 5.32 Å². The van der Waals surface area contributed by atoms with E-state index in [1.165, 1.54) is 24.3 Å². The molecule has 6 heteroatoms. The topological polar surface area (TPSA) is 72.2 Å². The third-order valence-electron chi connectivity index (χ3n) is 3.43. The molecule has 1 amide bonds. The Balaban J connectivity index is 1.64. The highest BCUT2D eigenvalue weighted by molar-refractivity contribution is 7.99. The van der Waals surface area contributed by atoms with Crippen LogP contribution in [0.15, 0.2) is 88.7 Å². The number of nitrogens with one attached hydrogen (secondary N) is 1. The zero-order chi connectivity index (χ0) is 17.6. The molecule has 0 unspecified atom stereocenters. The first-order valence-electron chi connectivity index (χ1n) is 7.50. The van der Waals surface area contributed by atoms with Gasteiger partial charge < -0.3 is 5.32 Å². The minimum Gasteiger partial charge on any atom is -0.322 e. The van der Waals surface area contributed by atoms with Gasteiger partial charge in [-0.15, -0.1) is 0 Å². The Kier molecular flexibility index (Phi) is 5.11. The predicted molar refractivity (Wildman–Crippen MR) is 98.1 cm³/mol. The number of anilines is 1. The Morgan fingerprint density at radius 1 is 0.840 bits per heavy atom. The number of benzene rings is 3. The molecule has 5 nitrogen and oxygen atoms in total. The number of non-ortho nitro benzene ring substituents is 1. The van der Waals surface area contributed by atoms with E-state index < -0.39 is 4.92 Å². The van der Waals surface area contributed by atoms with Gasteiger partial charge in [0.2, 0.25) is 0 Å². The summed E-state index contributed by atoms with van der Waals surface area (Å²) in [6.45, 7) is 0. The van der Waals surface area contributed by atoms with E-state index in [4.69, 9.17) is 0 Å². The number of hydrogen-bond acceptors (Lipinski definition) is 4. The van der Waals surface area contributed by atoms with Gasteiger partial charge in [-0.05, 0) is 48.5 Å². The van der Waals surface area contributed by atoms with Crippen LogP contribution in [-0.2, 0) is 0 Å². The molecule has 0 atom stereocenters. The average molecular weight is 350 g/mol. The van der Waals surface area contributed by atoms with Gasteiger partial charge >= 0.3 is 0 Å². The van der Waals surface area contributed by atoms with E-state index in [2.05, 4.69) is 5.32 Å². The fourth-order valence-electron chi connectivity index (χ4n) is 2.17. The number of rotatable bonds is 5. The summed E-state index contributed by atoms with van der Waals surface area (Å²) in [4.78, 5) is 24.5. The molecule has 3 aromatic carbocycles. The third-order valence-corrected chi connectivity index (χ3v) is 4.45. The lowest BCUT2D eigenvalue weighted by Gasteiger charge is -2.07. The molecule has 3 rings (SSSR count). The molecule has 0 heterocycles. The van der Waals surface area contributed by atoms with Gasteiger partial charge in [0, 0.05) is 33.2 Å². The van der Waals surface area contributed by atoms with E-state index in [0.717, 1.165) is 9.79 Å². The van der Waals surface area contributed by atoms with Crippen LogP contribution in [0.4, 0.5) is 11.4 Å². The highest BCUT2D eigenvalue weighted by atomic mass is 32.2. The van der Waals surface area contributed by atoms with Crippen molar-refractivity contribution in [3.8, 4) is 0 Å². The molecule has 0 saturated carbocycles. The van der Waals surface area contributed by atoms with E-state index in [-0.39, 0.29) is 11.6 Å². The van der Waals surface area contributed by atoms with Crippen LogP contribution in [0.1, 0.15) is 10.4 Å². The maximum absolute atomic E-state index is 12.2. The molecule has 0 aliphatic carbocycles. The summed E-state index contributed by atoms with van der Waals surface area (Å²) in [5, 5.41) is 13.4. The van der Waals surface area contributed by atoms with Gasteiger partial charge in [-0.2, -0.15) is 0 Å². The number of carbonyl (C=O) groups is 1. The number of nitro benzene ring substituents is 1. The number of hydrogen-bond donors (Lipinski definition) is 1. The van der Waals surface area contributed by atoms with Crippen LogP contribution in [0.2, 0.25) is 0 Å². The second-order valence-electron chi connectivity index (χ2n) is 5.20. The average Bonchev–Trinajstić information content (AvgIpc) is 2.64. The summed E-state index contributed by atoms with van der Waals surface area (Å²) in [6.07, 6.45) is 0. The molecule has 0 radical (unpaired) electrons. The predicted octanol–water partition coefficient (Wildman–Crippen LogP) is 5.00. The van der Waals surface area contributed by atoms with Crippen molar-refractivity contribution >= 4 is 29.0 Å². The van der Waals surface area contributed by atoms with Gasteiger partial charge in [-0.1, -0.05) is 30.0 Å². The summed E-state index contributed by atoms with van der Waals surface area (Å²) in [6, 6.07) is 23.0. The monoisotopic (exact) mass is 350 g/mol. The summed E-state index contributed by atoms with van der Waals surface area (Å²) in [5.41, 5.74) is 0.993. The standard InChI is InChI=1S/C19H14N2O3S/c22-19(14-6-10-16(11-7-14)21(23)24)20-15-8-12-18(13-9-15)25-17-4-2-1-3-5-17/h1-13H,(H,20,22). The summed E-state index contributed by atoms with van der Waals surface area (Å²) < 4.78 is 0. The van der Waals surface area contributed by atoms with Crippen molar-refractivity contribution < 1.29 is 9.72 Å². The maximum atomic E-state index is 12.2. The van der Waals surface area contributed by atoms with Crippen LogP contribution in [-0.4, -0.2) is 10.8 Å². The van der Waals surface area contributed by atoms with Crippen LogP contribution in [0.5, 0.6) is 0 Å². The largest absolute Gasteiger partial charge is 0.322 e. The normalized spacial score (nSPS) is 10.2. The molecule has 0 aliphatic rings. The molecule has 0 saturated heterocycles. The van der Waals surface area contributed by atoms with E-state index in [9.17, 15) is 14.9 Å². The van der Waals surface area contributed by atoms with Gasteiger partial charge in [0.05, 0.1) is 4.92 Å². The molecule has 0 aromatic heterocycles. The van der Waals surface area contributed by atoms with Crippen molar-refractivity contribution in [1.29, 1.82) is 0 Å². The molecule has 25 heavy (non-hydrogen) atoms. The van der Waals surface area contributed by atoms with Crippen LogP contribution < -0.4 is 5.32 Å². The van der Waals surface area contributed by atoms with Crippen LogP contribution >= 0.6 is 11.8 Å². The molecule has 0 bridgehead atoms. The van der Waals surface area contributed by atoms with Crippen molar-refractivity contribution in [3.63, 3.8) is 0 Å². The zero-order valence-electron chi connectivity index (χ0n) is 13.1. The fourth-order valence-corrected chi connectivity index (χ4v) is 3.01. The SMILES string of the molecule is O=C(Nc1ccc(Sc2ccccc2)cc1)c1ccc([N+](=O)[O-])cc1. The molecule has 1 N–H and O–H groups in total. The number of nitrogens with zero attached hydrogens (tertiary/aromatic N) is 1. The van der Waals surface area contributed by atoms with Crippen molar-refractivity contribution in [1.82, 2.24) is 0 Å². The van der Waals surface area contributed by atoms with Gasteiger partial charge in [0.25, 0.3) is 11.6 Å². The van der Waals surface area contributed by atoms with Gasteiger partial charge in [0.1, 0.15) is 0 Å². The summed E-state index contributed by atoms with van der Waals surface area (Å²) >= 11 is 1.64. The number of nitro groups is 1. The molecule has 124 valence electrons. The first kappa shape index (κ1) is 16.7. The number of carbonyl (C=O) groups excluding carboxylic acids is 1. The Morgan fingerprint density at radius 3 is 2.04 bits per heavy atom. The molecule has 0 spiro atoms. The van der Waals surface area contributed by atoms with Crippen molar-refractivity contribution in [3.05, 3.63) is 94.5 Å². The minimum atomic E-state index is -0.495. The lowest BCUT2D eigenvalue weighted by Crippen LogP contribution is -2.11. The Morgan fingerprint density at radius 2 is 1.44 bits per heavy atom. The van der Waals surface area contributed by atoms with Crippen LogP contribution in [0.25, 0.3) is 0 Å². The molecule has 0 fully saturated rings. The van der Waals surface area contributed by atoms with Gasteiger partial charge in [0.15, 0.2) is 0 Å². The lowest BCUT2D eigenvalue weighted by molar-refractivity contribution is -0.384. The Hall–Kier alpha value is -3.12. The van der Waals surface area contributed by atoms with Gasteiger partial charge in [-0.25, -0.2) is 0 Å². The Labute approximate surface area is 148 Å². The van der Waals surface area contributed by atoms with E-state index in [1.54, 1.807) is 11.8 Å². The van der Waals surface area contributed by atoms with Crippen LogP contribution in [0, 0.1) is 10.1 Å². The quantitative estimate of drug-likeness (QED) is 0.519. The summed E-state index contributed by atoms with van der Waals surface area (Å²) in [5.74, 6) is -0.307. The molecule has 3 aromatic rings. The van der Waals surface area contributed by atoms with Crippen LogP contribution in [0.3, 0.4) is 0 Å². The zero-order valence-corrected chi connectivity index (χ0v) is 13.9. The lowest BCUT2D eigenvalue weighted by atomic mass is 10.2. The molecular weight excluding hydrogens is 336 g/mol. The summed E-state index contributed by atoms with van der Waals surface area (Å²) in [7, 11) is 0. The maximum Gasteiger partial charge on any atom is 0.269 e. The van der Waals surface area contributed by atoms with E-state index >= 15 is 0 Å². The molecular formula is C19H14N2O3S. The highest BCUT2D eigenvalue weighted by Crippen LogP contribution is 2.28. The smallest absolute Gasteiger partial charge is 0.269 e. The minimum absolute atomic E-state index is 0.0427. The second kappa shape index (κ2) is 7.63. The first-order valence-corrected chi connectivity index (χ1v) is 8.32. The van der Waals surface area contributed by atoms with Crippen molar-refractivity contribution in [2.24, 2.45) is 0 Å². The van der Waals surface area contributed by atoms with E-state index in [0.29, 0.717) is 11.3 Å². The van der Waals surface area contributed by atoms with Crippen molar-refractivity contribution in [2.45, 2.75) is 9.79 Å². The fraction of sp³-hybridized carbons (Fsp3) is 0. The Bertz CT molecular complexity index is 879.